The van der Waals surface area contributed by atoms with E-state index in [4.69, 9.17) is 16.7 Å². The van der Waals surface area contributed by atoms with Gasteiger partial charge < -0.3 is 10.0 Å². The molecule has 2 rings (SSSR count). The predicted octanol–water partition coefficient (Wildman–Crippen LogP) is 2.45. The molecule has 1 aromatic rings. The van der Waals surface area contributed by atoms with Crippen LogP contribution in [0.1, 0.15) is 16.8 Å². The van der Waals surface area contributed by atoms with Gasteiger partial charge in [0, 0.05) is 18.1 Å². The molecule has 1 aromatic carbocycles. The summed E-state index contributed by atoms with van der Waals surface area (Å²) in [6.07, 6.45) is 0.399. The number of likely N-dealkylation sites (tertiary alicyclic amines) is 1. The van der Waals surface area contributed by atoms with Crippen molar-refractivity contribution in [1.29, 1.82) is 0 Å². The molecule has 1 fully saturated rings. The van der Waals surface area contributed by atoms with Crippen LogP contribution in [0.2, 0.25) is 5.02 Å². The summed E-state index contributed by atoms with van der Waals surface area (Å²) in [4.78, 5) is 24.1. The first kappa shape index (κ1) is 15.7. The average molecular weight is 308 g/mol. The molecule has 1 N–H and O–H groups in total. The molecule has 0 radical (unpaired) electrons. The van der Waals surface area contributed by atoms with Crippen molar-refractivity contribution in [2.75, 3.05) is 13.1 Å². The molecule has 1 heterocycles. The summed E-state index contributed by atoms with van der Waals surface area (Å²) in [7, 11) is 0. The summed E-state index contributed by atoms with van der Waals surface area (Å²) in [5.41, 5.74) is -0.0783. The van der Waals surface area contributed by atoms with Gasteiger partial charge in [-0.2, -0.15) is 0 Å². The van der Waals surface area contributed by atoms with Gasteiger partial charge in [0.25, 0.3) is 5.91 Å². The molecule has 0 bridgehead atoms. The van der Waals surface area contributed by atoms with Crippen molar-refractivity contribution in [1.82, 2.24) is 4.90 Å². The molecule has 1 saturated heterocycles. The van der Waals surface area contributed by atoms with Crippen LogP contribution in [0.4, 0.5) is 4.39 Å². The minimum atomic E-state index is -0.929. The highest BCUT2D eigenvalue weighted by molar-refractivity contribution is 6.30. The van der Waals surface area contributed by atoms with E-state index in [1.807, 2.05) is 0 Å². The monoisotopic (exact) mass is 307 g/mol. The number of halogens is 3. The van der Waals surface area contributed by atoms with Gasteiger partial charge in [-0.3, -0.25) is 9.59 Å². The Morgan fingerprint density at radius 2 is 2.11 bits per heavy atom. The molecule has 1 aliphatic heterocycles. The number of hydrogen-bond acceptors (Lipinski definition) is 2. The van der Waals surface area contributed by atoms with Gasteiger partial charge in [0.2, 0.25) is 0 Å². The first-order valence-electron chi connectivity index (χ1n) is 5.46. The topological polar surface area (TPSA) is 57.6 Å². The Morgan fingerprint density at radius 1 is 1.42 bits per heavy atom. The quantitative estimate of drug-likeness (QED) is 0.913. The van der Waals surface area contributed by atoms with E-state index in [-0.39, 0.29) is 29.5 Å². The molecule has 7 heteroatoms. The summed E-state index contributed by atoms with van der Waals surface area (Å²) < 4.78 is 13.6. The van der Waals surface area contributed by atoms with E-state index >= 15 is 0 Å². The maximum absolute atomic E-state index is 13.6. The number of nitrogens with zero attached hydrogens (tertiary/aromatic N) is 1. The van der Waals surface area contributed by atoms with Crippen molar-refractivity contribution in [2.24, 2.45) is 5.92 Å². The smallest absolute Gasteiger partial charge is 0.308 e. The summed E-state index contributed by atoms with van der Waals surface area (Å²) in [6.45, 7) is 0.452. The lowest BCUT2D eigenvalue weighted by Crippen LogP contribution is -2.30. The number of carboxylic acids is 1. The standard InChI is InChI=1S/C12H11ClFNO3.ClH/c13-8-1-2-9(10(14)5-8)11(16)15-4-3-7(6-15)12(17)18;/h1-2,5,7H,3-4,6H2,(H,17,18);1H. The molecule has 0 aliphatic carbocycles. The van der Waals surface area contributed by atoms with Crippen LogP contribution in [-0.2, 0) is 4.79 Å². The minimum absolute atomic E-state index is 0. The van der Waals surface area contributed by atoms with Crippen molar-refractivity contribution in [2.45, 2.75) is 6.42 Å². The van der Waals surface area contributed by atoms with Crippen molar-refractivity contribution in [3.63, 3.8) is 0 Å². The predicted molar refractivity (Wildman–Crippen MR) is 70.3 cm³/mol. The van der Waals surface area contributed by atoms with Crippen LogP contribution in [-0.4, -0.2) is 35.0 Å². The van der Waals surface area contributed by atoms with Gasteiger partial charge in [0.05, 0.1) is 11.5 Å². The maximum Gasteiger partial charge on any atom is 0.308 e. The molecule has 1 atom stereocenters. The number of carboxylic acid groups (broad SMARTS) is 1. The molecule has 19 heavy (non-hydrogen) atoms. The van der Waals surface area contributed by atoms with E-state index in [0.29, 0.717) is 13.0 Å². The molecule has 0 aromatic heterocycles. The van der Waals surface area contributed by atoms with Crippen LogP contribution >= 0.6 is 24.0 Å². The lowest BCUT2D eigenvalue weighted by Gasteiger charge is -2.16. The fourth-order valence-electron chi connectivity index (χ4n) is 1.98. The van der Waals surface area contributed by atoms with Crippen LogP contribution in [0.15, 0.2) is 18.2 Å². The molecule has 104 valence electrons. The third-order valence-electron chi connectivity index (χ3n) is 2.99. The Labute approximate surface area is 120 Å². The second-order valence-electron chi connectivity index (χ2n) is 4.20. The van der Waals surface area contributed by atoms with E-state index in [0.717, 1.165) is 6.07 Å². The maximum atomic E-state index is 13.6. The Balaban J connectivity index is 0.00000180. The fraction of sp³-hybridized carbons (Fsp3) is 0.333. The van der Waals surface area contributed by atoms with Gasteiger partial charge in [-0.1, -0.05) is 11.6 Å². The largest absolute Gasteiger partial charge is 0.481 e. The lowest BCUT2D eigenvalue weighted by atomic mass is 10.1. The van der Waals surface area contributed by atoms with Gasteiger partial charge in [-0.25, -0.2) is 4.39 Å². The third kappa shape index (κ3) is 3.36. The highest BCUT2D eigenvalue weighted by atomic mass is 35.5. The minimum Gasteiger partial charge on any atom is -0.481 e. The SMILES string of the molecule is Cl.O=C(O)C1CCN(C(=O)c2ccc(Cl)cc2F)C1. The number of hydrogen-bond donors (Lipinski definition) is 1. The van der Waals surface area contributed by atoms with Crippen molar-refractivity contribution >= 4 is 35.9 Å². The average Bonchev–Trinajstić information content (AvgIpc) is 2.77. The van der Waals surface area contributed by atoms with Gasteiger partial charge in [-0.15, -0.1) is 12.4 Å². The number of benzene rings is 1. The summed E-state index contributed by atoms with van der Waals surface area (Å²) >= 11 is 5.60. The zero-order chi connectivity index (χ0) is 13.3. The normalized spacial score (nSPS) is 18.0. The fourth-order valence-corrected chi connectivity index (χ4v) is 2.14. The van der Waals surface area contributed by atoms with Crippen LogP contribution in [0.3, 0.4) is 0 Å². The molecule has 1 amide bonds. The Morgan fingerprint density at radius 3 is 2.63 bits per heavy atom. The molecule has 1 aliphatic rings. The van der Waals surface area contributed by atoms with Crippen LogP contribution in [0, 0.1) is 11.7 Å². The molecule has 0 saturated carbocycles. The Bertz CT molecular complexity index is 510. The molecule has 0 spiro atoms. The van der Waals surface area contributed by atoms with E-state index < -0.39 is 23.6 Å². The first-order chi connectivity index (χ1) is 8.49. The van der Waals surface area contributed by atoms with E-state index in [9.17, 15) is 14.0 Å². The zero-order valence-electron chi connectivity index (χ0n) is 9.81. The summed E-state index contributed by atoms with van der Waals surface area (Å²) in [6, 6.07) is 3.82. The van der Waals surface area contributed by atoms with Crippen LogP contribution < -0.4 is 0 Å². The summed E-state index contributed by atoms with van der Waals surface area (Å²) in [5.74, 6) is -2.68. The van der Waals surface area contributed by atoms with E-state index in [1.165, 1.54) is 17.0 Å². The zero-order valence-corrected chi connectivity index (χ0v) is 11.4. The number of carbonyl (C=O) groups is 2. The second kappa shape index (κ2) is 6.21. The van der Waals surface area contributed by atoms with Crippen molar-refractivity contribution < 1.29 is 19.1 Å². The number of amides is 1. The van der Waals surface area contributed by atoms with E-state index in [1.54, 1.807) is 0 Å². The van der Waals surface area contributed by atoms with Gasteiger partial charge in [0.15, 0.2) is 0 Å². The summed E-state index contributed by atoms with van der Waals surface area (Å²) in [5, 5.41) is 9.06. The van der Waals surface area contributed by atoms with Crippen molar-refractivity contribution in [3.05, 3.63) is 34.6 Å². The lowest BCUT2D eigenvalue weighted by molar-refractivity contribution is -0.141. The number of carbonyl (C=O) groups excluding carboxylic acids is 1. The van der Waals surface area contributed by atoms with E-state index in [2.05, 4.69) is 0 Å². The molecular weight excluding hydrogens is 296 g/mol. The first-order valence-corrected chi connectivity index (χ1v) is 5.84. The highest BCUT2D eigenvalue weighted by Gasteiger charge is 2.32. The second-order valence-corrected chi connectivity index (χ2v) is 4.64. The molecular formula is C12H12Cl2FNO3. The van der Waals surface area contributed by atoms with Gasteiger partial charge in [-0.05, 0) is 24.6 Å². The van der Waals surface area contributed by atoms with Gasteiger partial charge >= 0.3 is 5.97 Å². The Kier molecular flexibility index (Phi) is 5.14. The molecule has 1 unspecified atom stereocenters. The number of rotatable bonds is 2. The highest BCUT2D eigenvalue weighted by Crippen LogP contribution is 2.21. The number of aliphatic carboxylic acids is 1. The van der Waals surface area contributed by atoms with Crippen LogP contribution in [0.25, 0.3) is 0 Å². The van der Waals surface area contributed by atoms with Gasteiger partial charge in [0.1, 0.15) is 5.82 Å². The van der Waals surface area contributed by atoms with Crippen molar-refractivity contribution in [3.8, 4) is 0 Å². The van der Waals surface area contributed by atoms with Crippen LogP contribution in [0.5, 0.6) is 0 Å². The molecule has 4 nitrogen and oxygen atoms in total. The Hall–Kier alpha value is -1.33. The third-order valence-corrected chi connectivity index (χ3v) is 3.22.